The van der Waals surface area contributed by atoms with Crippen LogP contribution in [0.5, 0.6) is 5.75 Å². The molecule has 0 heterocycles. The molecule has 0 bridgehead atoms. The molecule has 1 aromatic carbocycles. The SMILES string of the molecule is C#CCNCC(=O)c1ccccc1OC(C)C. The zero-order chi connectivity index (χ0) is 12.7. The van der Waals surface area contributed by atoms with Crippen LogP contribution in [0.2, 0.25) is 0 Å². The molecule has 3 nitrogen and oxygen atoms in total. The van der Waals surface area contributed by atoms with Crippen LogP contribution in [-0.4, -0.2) is 25.0 Å². The van der Waals surface area contributed by atoms with Gasteiger partial charge in [0.25, 0.3) is 0 Å². The summed E-state index contributed by atoms with van der Waals surface area (Å²) in [5.74, 6) is 3.03. The van der Waals surface area contributed by atoms with E-state index in [4.69, 9.17) is 11.2 Å². The maximum absolute atomic E-state index is 11.9. The lowest BCUT2D eigenvalue weighted by molar-refractivity contribution is 0.0987. The minimum atomic E-state index is -0.0171. The van der Waals surface area contributed by atoms with Crippen molar-refractivity contribution in [2.75, 3.05) is 13.1 Å². The fourth-order valence-corrected chi connectivity index (χ4v) is 1.40. The van der Waals surface area contributed by atoms with Gasteiger partial charge in [0.05, 0.1) is 24.8 Å². The van der Waals surface area contributed by atoms with Crippen LogP contribution in [0.1, 0.15) is 24.2 Å². The number of Topliss-reactive ketones (excluding diaryl/α,β-unsaturated/α-hetero) is 1. The Morgan fingerprint density at radius 2 is 2.18 bits per heavy atom. The Morgan fingerprint density at radius 3 is 2.82 bits per heavy atom. The van der Waals surface area contributed by atoms with Crippen LogP contribution in [0.25, 0.3) is 0 Å². The summed E-state index contributed by atoms with van der Waals surface area (Å²) in [5.41, 5.74) is 0.589. The van der Waals surface area contributed by atoms with Gasteiger partial charge in [-0.3, -0.25) is 10.1 Å². The number of benzene rings is 1. The van der Waals surface area contributed by atoms with Crippen molar-refractivity contribution in [2.45, 2.75) is 20.0 Å². The minimum absolute atomic E-state index is 0.0171. The monoisotopic (exact) mass is 231 g/mol. The van der Waals surface area contributed by atoms with Crippen LogP contribution in [0, 0.1) is 12.3 Å². The molecule has 0 unspecified atom stereocenters. The molecule has 0 saturated carbocycles. The average Bonchev–Trinajstić information content (AvgIpc) is 2.29. The van der Waals surface area contributed by atoms with Gasteiger partial charge >= 0.3 is 0 Å². The van der Waals surface area contributed by atoms with Crippen LogP contribution in [0.3, 0.4) is 0 Å². The van der Waals surface area contributed by atoms with E-state index in [-0.39, 0.29) is 18.4 Å². The van der Waals surface area contributed by atoms with Crippen molar-refractivity contribution in [3.8, 4) is 18.1 Å². The first-order chi connectivity index (χ1) is 8.15. The number of para-hydroxylation sites is 1. The molecule has 0 aromatic heterocycles. The molecule has 0 saturated heterocycles. The number of carbonyl (C=O) groups excluding carboxylic acids is 1. The first kappa shape index (κ1) is 13.3. The molecule has 1 aromatic rings. The molecule has 0 aliphatic heterocycles. The summed E-state index contributed by atoms with van der Waals surface area (Å²) in [5, 5.41) is 2.87. The summed E-state index contributed by atoms with van der Waals surface area (Å²) < 4.78 is 5.58. The van der Waals surface area contributed by atoms with Crippen molar-refractivity contribution in [2.24, 2.45) is 0 Å². The Morgan fingerprint density at radius 1 is 1.47 bits per heavy atom. The highest BCUT2D eigenvalue weighted by Gasteiger charge is 2.12. The van der Waals surface area contributed by atoms with E-state index in [1.165, 1.54) is 0 Å². The lowest BCUT2D eigenvalue weighted by Crippen LogP contribution is -2.24. The molecule has 0 aliphatic rings. The van der Waals surface area contributed by atoms with E-state index >= 15 is 0 Å². The van der Waals surface area contributed by atoms with E-state index in [0.717, 1.165) is 0 Å². The predicted octanol–water partition coefficient (Wildman–Crippen LogP) is 1.88. The Bertz CT molecular complexity index is 418. The number of terminal acetylenes is 1. The van der Waals surface area contributed by atoms with E-state index in [9.17, 15) is 4.79 Å². The summed E-state index contributed by atoms with van der Waals surface area (Å²) in [6.45, 7) is 4.47. The van der Waals surface area contributed by atoms with E-state index in [1.807, 2.05) is 26.0 Å². The van der Waals surface area contributed by atoms with Gasteiger partial charge < -0.3 is 4.74 Å². The Balaban J connectivity index is 2.75. The molecule has 1 N–H and O–H groups in total. The first-order valence-corrected chi connectivity index (χ1v) is 5.58. The quantitative estimate of drug-likeness (QED) is 0.461. The topological polar surface area (TPSA) is 38.3 Å². The molecular weight excluding hydrogens is 214 g/mol. The summed E-state index contributed by atoms with van der Waals surface area (Å²) >= 11 is 0. The fraction of sp³-hybridized carbons (Fsp3) is 0.357. The number of ether oxygens (including phenoxy) is 1. The zero-order valence-corrected chi connectivity index (χ0v) is 10.2. The van der Waals surface area contributed by atoms with Gasteiger partial charge in [-0.05, 0) is 26.0 Å². The van der Waals surface area contributed by atoms with Gasteiger partial charge in [-0.1, -0.05) is 18.1 Å². The summed E-state index contributed by atoms with van der Waals surface area (Å²) in [4.78, 5) is 11.9. The number of rotatable bonds is 6. The number of hydrogen-bond donors (Lipinski definition) is 1. The molecule has 17 heavy (non-hydrogen) atoms. The number of ketones is 1. The zero-order valence-electron chi connectivity index (χ0n) is 10.2. The normalized spacial score (nSPS) is 10.0. The van der Waals surface area contributed by atoms with Crippen LogP contribution in [-0.2, 0) is 0 Å². The molecule has 0 atom stereocenters. The van der Waals surface area contributed by atoms with Crippen LogP contribution in [0.15, 0.2) is 24.3 Å². The molecule has 0 fully saturated rings. The van der Waals surface area contributed by atoms with E-state index in [0.29, 0.717) is 17.9 Å². The molecule has 0 amide bonds. The molecule has 0 aliphatic carbocycles. The van der Waals surface area contributed by atoms with Crippen LogP contribution >= 0.6 is 0 Å². The van der Waals surface area contributed by atoms with Crippen LogP contribution in [0.4, 0.5) is 0 Å². The van der Waals surface area contributed by atoms with E-state index < -0.39 is 0 Å². The second-order valence-corrected chi connectivity index (χ2v) is 3.89. The van der Waals surface area contributed by atoms with E-state index in [1.54, 1.807) is 12.1 Å². The average molecular weight is 231 g/mol. The summed E-state index contributed by atoms with van der Waals surface area (Å²) in [6, 6.07) is 7.23. The highest BCUT2D eigenvalue weighted by atomic mass is 16.5. The van der Waals surface area contributed by atoms with Gasteiger partial charge in [-0.25, -0.2) is 0 Å². The highest BCUT2D eigenvalue weighted by molar-refractivity contribution is 6.00. The van der Waals surface area contributed by atoms with Crippen LogP contribution < -0.4 is 10.1 Å². The molecule has 0 spiro atoms. The summed E-state index contributed by atoms with van der Waals surface area (Å²) in [7, 11) is 0. The fourth-order valence-electron chi connectivity index (χ4n) is 1.40. The molecule has 3 heteroatoms. The third kappa shape index (κ3) is 4.29. The van der Waals surface area contributed by atoms with Gasteiger partial charge in [0.2, 0.25) is 0 Å². The molecule has 0 radical (unpaired) electrons. The minimum Gasteiger partial charge on any atom is -0.490 e. The number of carbonyl (C=O) groups is 1. The Labute approximate surface area is 102 Å². The van der Waals surface area contributed by atoms with Crippen molar-refractivity contribution in [1.82, 2.24) is 5.32 Å². The number of nitrogens with one attached hydrogen (secondary N) is 1. The molecule has 90 valence electrons. The van der Waals surface area contributed by atoms with Gasteiger partial charge in [-0.15, -0.1) is 6.42 Å². The van der Waals surface area contributed by atoms with Crippen molar-refractivity contribution in [3.05, 3.63) is 29.8 Å². The third-order valence-corrected chi connectivity index (χ3v) is 2.06. The largest absolute Gasteiger partial charge is 0.490 e. The van der Waals surface area contributed by atoms with Crippen molar-refractivity contribution >= 4 is 5.78 Å². The van der Waals surface area contributed by atoms with Crippen molar-refractivity contribution in [1.29, 1.82) is 0 Å². The smallest absolute Gasteiger partial charge is 0.180 e. The Hall–Kier alpha value is -1.79. The lowest BCUT2D eigenvalue weighted by Gasteiger charge is -2.13. The first-order valence-electron chi connectivity index (χ1n) is 5.58. The van der Waals surface area contributed by atoms with Gasteiger partial charge in [-0.2, -0.15) is 0 Å². The second kappa shape index (κ2) is 6.72. The Kier molecular flexibility index (Phi) is 5.25. The van der Waals surface area contributed by atoms with E-state index in [2.05, 4.69) is 11.2 Å². The second-order valence-electron chi connectivity index (χ2n) is 3.89. The predicted molar refractivity (Wildman–Crippen MR) is 68.2 cm³/mol. The maximum atomic E-state index is 11.9. The number of hydrogen-bond acceptors (Lipinski definition) is 3. The molecular formula is C14H17NO2. The maximum Gasteiger partial charge on any atom is 0.180 e. The van der Waals surface area contributed by atoms with Gasteiger partial charge in [0.1, 0.15) is 5.75 Å². The standard InChI is InChI=1S/C14H17NO2/c1-4-9-15-10-13(16)12-7-5-6-8-14(12)17-11(2)3/h1,5-8,11,15H,9-10H2,2-3H3. The van der Waals surface area contributed by atoms with Gasteiger partial charge in [0.15, 0.2) is 5.78 Å². The highest BCUT2D eigenvalue weighted by Crippen LogP contribution is 2.19. The third-order valence-electron chi connectivity index (χ3n) is 2.06. The van der Waals surface area contributed by atoms with Crippen molar-refractivity contribution in [3.63, 3.8) is 0 Å². The van der Waals surface area contributed by atoms with Gasteiger partial charge in [0, 0.05) is 0 Å². The molecule has 1 rings (SSSR count). The van der Waals surface area contributed by atoms with Crippen molar-refractivity contribution < 1.29 is 9.53 Å². The summed E-state index contributed by atoms with van der Waals surface area (Å²) in [6.07, 6.45) is 5.14. The lowest BCUT2D eigenvalue weighted by atomic mass is 10.1.